The lowest BCUT2D eigenvalue weighted by Gasteiger charge is -2.30. The van der Waals surface area contributed by atoms with Gasteiger partial charge in [-0.2, -0.15) is 0 Å². The van der Waals surface area contributed by atoms with E-state index < -0.39 is 6.04 Å². The van der Waals surface area contributed by atoms with Crippen molar-refractivity contribution in [2.75, 3.05) is 19.8 Å². The molecule has 1 aliphatic rings. The van der Waals surface area contributed by atoms with Crippen LogP contribution in [0, 0.1) is 0 Å². The number of aryl methyl sites for hydroxylation is 1. The van der Waals surface area contributed by atoms with E-state index in [4.69, 9.17) is 9.47 Å². The molecule has 2 amide bonds. The molecule has 3 rings (SSSR count). The van der Waals surface area contributed by atoms with Gasteiger partial charge in [0, 0.05) is 19.0 Å². The van der Waals surface area contributed by atoms with Crippen LogP contribution in [0.2, 0.25) is 0 Å². The third-order valence-corrected chi connectivity index (χ3v) is 6.59. The SMILES string of the molecule is CCOc1ccc(CCC(=O)N(CCc2ccccc2)[C@H](C)C(=O)NC2CCCC2)cc1OCC. The zero-order valence-electron chi connectivity index (χ0n) is 21.4. The summed E-state index contributed by atoms with van der Waals surface area (Å²) in [6, 6.07) is 15.7. The third-order valence-electron chi connectivity index (χ3n) is 6.59. The highest BCUT2D eigenvalue weighted by atomic mass is 16.5. The van der Waals surface area contributed by atoms with E-state index in [2.05, 4.69) is 17.4 Å². The maximum absolute atomic E-state index is 13.4. The van der Waals surface area contributed by atoms with Gasteiger partial charge in [-0.05, 0) is 69.7 Å². The summed E-state index contributed by atoms with van der Waals surface area (Å²) < 4.78 is 11.4. The summed E-state index contributed by atoms with van der Waals surface area (Å²) in [5.41, 5.74) is 2.16. The van der Waals surface area contributed by atoms with Gasteiger partial charge in [-0.25, -0.2) is 0 Å². The monoisotopic (exact) mass is 480 g/mol. The van der Waals surface area contributed by atoms with E-state index >= 15 is 0 Å². The number of nitrogens with one attached hydrogen (secondary N) is 1. The molecule has 0 saturated heterocycles. The van der Waals surface area contributed by atoms with Crippen LogP contribution in [-0.2, 0) is 22.4 Å². The Kier molecular flexibility index (Phi) is 10.5. The van der Waals surface area contributed by atoms with Crippen molar-refractivity contribution < 1.29 is 19.1 Å². The predicted octanol–water partition coefficient (Wildman–Crippen LogP) is 4.94. The Labute approximate surface area is 210 Å². The number of hydrogen-bond donors (Lipinski definition) is 1. The van der Waals surface area contributed by atoms with E-state index in [0.29, 0.717) is 50.5 Å². The van der Waals surface area contributed by atoms with Crippen molar-refractivity contribution >= 4 is 11.8 Å². The number of rotatable bonds is 13. The van der Waals surface area contributed by atoms with Crippen LogP contribution >= 0.6 is 0 Å². The van der Waals surface area contributed by atoms with Crippen LogP contribution < -0.4 is 14.8 Å². The van der Waals surface area contributed by atoms with Crippen molar-refractivity contribution in [1.29, 1.82) is 0 Å². The minimum absolute atomic E-state index is 0.0122. The third kappa shape index (κ3) is 8.01. The first-order chi connectivity index (χ1) is 17.0. The summed E-state index contributed by atoms with van der Waals surface area (Å²) in [5.74, 6) is 1.34. The first-order valence-electron chi connectivity index (χ1n) is 13.0. The van der Waals surface area contributed by atoms with Crippen molar-refractivity contribution in [2.24, 2.45) is 0 Å². The number of nitrogens with zero attached hydrogens (tertiary/aromatic N) is 1. The first-order valence-corrected chi connectivity index (χ1v) is 13.0. The molecule has 2 aromatic rings. The molecule has 2 aromatic carbocycles. The molecule has 0 spiro atoms. The molecule has 6 heteroatoms. The Morgan fingerprint density at radius 3 is 2.31 bits per heavy atom. The lowest BCUT2D eigenvalue weighted by atomic mass is 10.1. The average molecular weight is 481 g/mol. The fourth-order valence-electron chi connectivity index (χ4n) is 4.61. The van der Waals surface area contributed by atoms with Crippen molar-refractivity contribution in [2.45, 2.75) is 77.8 Å². The summed E-state index contributed by atoms with van der Waals surface area (Å²) in [6.07, 6.45) is 5.97. The molecule has 1 fully saturated rings. The second-order valence-corrected chi connectivity index (χ2v) is 9.14. The minimum Gasteiger partial charge on any atom is -0.490 e. The lowest BCUT2D eigenvalue weighted by molar-refractivity contribution is -0.140. The molecule has 1 N–H and O–H groups in total. The van der Waals surface area contributed by atoms with Crippen LogP contribution in [0.3, 0.4) is 0 Å². The average Bonchev–Trinajstić information content (AvgIpc) is 3.38. The van der Waals surface area contributed by atoms with E-state index in [1.807, 2.05) is 57.2 Å². The highest BCUT2D eigenvalue weighted by molar-refractivity contribution is 5.87. The van der Waals surface area contributed by atoms with E-state index in [0.717, 1.165) is 36.8 Å². The van der Waals surface area contributed by atoms with Crippen LogP contribution in [0.4, 0.5) is 0 Å². The molecular formula is C29H40N2O4. The first kappa shape index (κ1) is 26.6. The lowest BCUT2D eigenvalue weighted by Crippen LogP contribution is -2.50. The molecule has 0 bridgehead atoms. The normalized spacial score (nSPS) is 14.4. The molecule has 0 aliphatic heterocycles. The Morgan fingerprint density at radius 1 is 0.943 bits per heavy atom. The van der Waals surface area contributed by atoms with Gasteiger partial charge in [0.15, 0.2) is 11.5 Å². The number of carbonyl (C=O) groups excluding carboxylic acids is 2. The Bertz CT molecular complexity index is 941. The van der Waals surface area contributed by atoms with Gasteiger partial charge in [0.25, 0.3) is 0 Å². The van der Waals surface area contributed by atoms with Crippen LogP contribution in [0.15, 0.2) is 48.5 Å². The van der Waals surface area contributed by atoms with Crippen LogP contribution in [-0.4, -0.2) is 48.6 Å². The standard InChI is InChI=1S/C29H40N2O4/c1-4-34-26-17-15-24(21-27(26)35-5-2)16-18-28(32)31(20-19-23-11-7-6-8-12-23)22(3)29(33)30-25-13-9-10-14-25/h6-8,11-12,15,17,21-22,25H,4-5,9-10,13-14,16,18-20H2,1-3H3,(H,30,33)/t22-/m1/s1. The van der Waals surface area contributed by atoms with E-state index in [-0.39, 0.29) is 17.9 Å². The molecule has 1 atom stereocenters. The highest BCUT2D eigenvalue weighted by Gasteiger charge is 2.28. The molecule has 0 aromatic heterocycles. The summed E-state index contributed by atoms with van der Waals surface area (Å²) in [6.45, 7) is 7.34. The van der Waals surface area contributed by atoms with Gasteiger partial charge in [0.2, 0.25) is 11.8 Å². The van der Waals surface area contributed by atoms with Crippen molar-refractivity contribution in [1.82, 2.24) is 10.2 Å². The molecule has 190 valence electrons. The predicted molar refractivity (Wildman–Crippen MR) is 139 cm³/mol. The second kappa shape index (κ2) is 13.8. The molecule has 0 unspecified atom stereocenters. The van der Waals surface area contributed by atoms with E-state index in [1.54, 1.807) is 4.90 Å². The molecule has 1 saturated carbocycles. The Morgan fingerprint density at radius 2 is 1.63 bits per heavy atom. The van der Waals surface area contributed by atoms with Gasteiger partial charge in [0.05, 0.1) is 13.2 Å². The van der Waals surface area contributed by atoms with Gasteiger partial charge in [-0.3, -0.25) is 9.59 Å². The zero-order chi connectivity index (χ0) is 25.0. The Hall–Kier alpha value is -3.02. The van der Waals surface area contributed by atoms with Gasteiger partial charge < -0.3 is 19.7 Å². The Balaban J connectivity index is 1.67. The van der Waals surface area contributed by atoms with Gasteiger partial charge >= 0.3 is 0 Å². The number of ether oxygens (including phenoxy) is 2. The number of carbonyl (C=O) groups is 2. The van der Waals surface area contributed by atoms with E-state index in [1.165, 1.54) is 0 Å². The van der Waals surface area contributed by atoms with Crippen molar-refractivity contribution in [3.8, 4) is 11.5 Å². The number of hydrogen-bond acceptors (Lipinski definition) is 4. The van der Waals surface area contributed by atoms with Crippen LogP contribution in [0.5, 0.6) is 11.5 Å². The second-order valence-electron chi connectivity index (χ2n) is 9.14. The molecular weight excluding hydrogens is 440 g/mol. The zero-order valence-corrected chi connectivity index (χ0v) is 21.4. The van der Waals surface area contributed by atoms with Gasteiger partial charge in [-0.1, -0.05) is 49.2 Å². The number of amides is 2. The maximum Gasteiger partial charge on any atom is 0.242 e. The molecule has 0 radical (unpaired) electrons. The fourth-order valence-corrected chi connectivity index (χ4v) is 4.61. The smallest absolute Gasteiger partial charge is 0.242 e. The highest BCUT2D eigenvalue weighted by Crippen LogP contribution is 2.29. The summed E-state index contributed by atoms with van der Waals surface area (Å²) in [5, 5.41) is 3.16. The quantitative estimate of drug-likeness (QED) is 0.441. The summed E-state index contributed by atoms with van der Waals surface area (Å²) in [7, 11) is 0. The van der Waals surface area contributed by atoms with Gasteiger partial charge in [-0.15, -0.1) is 0 Å². The number of benzene rings is 2. The molecule has 6 nitrogen and oxygen atoms in total. The van der Waals surface area contributed by atoms with Crippen molar-refractivity contribution in [3.05, 3.63) is 59.7 Å². The molecule has 1 aliphatic carbocycles. The molecule has 35 heavy (non-hydrogen) atoms. The minimum atomic E-state index is -0.508. The molecule has 0 heterocycles. The maximum atomic E-state index is 13.4. The van der Waals surface area contributed by atoms with Crippen LogP contribution in [0.25, 0.3) is 0 Å². The summed E-state index contributed by atoms with van der Waals surface area (Å²) >= 11 is 0. The summed E-state index contributed by atoms with van der Waals surface area (Å²) in [4.78, 5) is 28.1. The fraction of sp³-hybridized carbons (Fsp3) is 0.517. The topological polar surface area (TPSA) is 67.9 Å². The van der Waals surface area contributed by atoms with Gasteiger partial charge in [0.1, 0.15) is 6.04 Å². The van der Waals surface area contributed by atoms with Crippen molar-refractivity contribution in [3.63, 3.8) is 0 Å². The largest absolute Gasteiger partial charge is 0.490 e. The van der Waals surface area contributed by atoms with E-state index in [9.17, 15) is 9.59 Å². The van der Waals surface area contributed by atoms with Crippen LogP contribution in [0.1, 0.15) is 64.0 Å².